The SMILES string of the molecule is c1ccc(-c2ccc(-c3nc(-c4ccc(-c5ccccc5)c(-c5ccc6c(c5)oc5ccccc56)c4)nc(-c4cccc5c4sc4ccccc45)n3)cc2)cc1. The Balaban J connectivity index is 1.11. The van der Waals surface area contributed by atoms with Crippen molar-refractivity contribution in [2.24, 2.45) is 0 Å². The molecule has 0 atom stereocenters. The molecule has 0 N–H and O–H groups in total. The van der Waals surface area contributed by atoms with Crippen LogP contribution in [0.15, 0.2) is 192 Å². The van der Waals surface area contributed by atoms with Crippen LogP contribution in [0.3, 0.4) is 0 Å². The first-order valence-corrected chi connectivity index (χ1v) is 19.5. The minimum atomic E-state index is 0.612. The molecule has 0 fully saturated rings. The van der Waals surface area contributed by atoms with E-state index in [1.165, 1.54) is 21.0 Å². The lowest BCUT2D eigenvalue weighted by Gasteiger charge is -2.14. The lowest BCUT2D eigenvalue weighted by molar-refractivity contribution is 0.669. The quantitative estimate of drug-likeness (QED) is 0.171. The fourth-order valence-electron chi connectivity index (χ4n) is 7.81. The predicted octanol–water partition coefficient (Wildman–Crippen LogP) is 14.1. The van der Waals surface area contributed by atoms with Gasteiger partial charge in [-0.2, -0.15) is 0 Å². The molecule has 11 aromatic rings. The first kappa shape index (κ1) is 32.2. The second-order valence-corrected chi connectivity index (χ2v) is 15.0. The Morgan fingerprint density at radius 1 is 0.321 bits per heavy atom. The number of rotatable bonds is 6. The minimum Gasteiger partial charge on any atom is -0.456 e. The molecule has 0 bridgehead atoms. The van der Waals surface area contributed by atoms with Crippen LogP contribution in [-0.4, -0.2) is 15.0 Å². The van der Waals surface area contributed by atoms with E-state index in [1.54, 1.807) is 11.3 Å². The summed E-state index contributed by atoms with van der Waals surface area (Å²) < 4.78 is 8.77. The van der Waals surface area contributed by atoms with Crippen LogP contribution in [-0.2, 0) is 0 Å². The van der Waals surface area contributed by atoms with Crippen molar-refractivity contribution < 1.29 is 4.42 Å². The van der Waals surface area contributed by atoms with Gasteiger partial charge in [-0.15, -0.1) is 11.3 Å². The Hall–Kier alpha value is -7.21. The number of hydrogen-bond donors (Lipinski definition) is 0. The van der Waals surface area contributed by atoms with Gasteiger partial charge in [0.25, 0.3) is 0 Å². The molecule has 0 radical (unpaired) electrons. The number of aromatic nitrogens is 3. The van der Waals surface area contributed by atoms with Gasteiger partial charge in [0.05, 0.1) is 0 Å². The van der Waals surface area contributed by atoms with E-state index in [4.69, 9.17) is 19.4 Å². The zero-order valence-electron chi connectivity index (χ0n) is 30.1. The molecule has 0 saturated carbocycles. The molecule has 8 aromatic carbocycles. The third-order valence-electron chi connectivity index (χ3n) is 10.6. The van der Waals surface area contributed by atoms with Crippen molar-refractivity contribution in [3.05, 3.63) is 188 Å². The zero-order valence-corrected chi connectivity index (χ0v) is 30.9. The van der Waals surface area contributed by atoms with Crippen LogP contribution in [0.1, 0.15) is 0 Å². The van der Waals surface area contributed by atoms with Gasteiger partial charge < -0.3 is 4.42 Å². The Bertz CT molecular complexity index is 3240. The number of furan rings is 1. The van der Waals surface area contributed by atoms with Gasteiger partial charge in [0.1, 0.15) is 11.2 Å². The van der Waals surface area contributed by atoms with E-state index >= 15 is 0 Å². The highest BCUT2D eigenvalue weighted by atomic mass is 32.1. The maximum Gasteiger partial charge on any atom is 0.165 e. The number of hydrogen-bond acceptors (Lipinski definition) is 5. The molecule has 4 nitrogen and oxygen atoms in total. The second-order valence-electron chi connectivity index (χ2n) is 14.0. The van der Waals surface area contributed by atoms with Crippen LogP contribution in [0.5, 0.6) is 0 Å². The molecule has 262 valence electrons. The zero-order chi connectivity index (χ0) is 37.0. The molecule has 0 aliphatic heterocycles. The summed E-state index contributed by atoms with van der Waals surface area (Å²) in [5.41, 5.74) is 11.2. The monoisotopic (exact) mass is 733 g/mol. The molecule has 0 unspecified atom stereocenters. The molecule has 3 heterocycles. The first-order valence-electron chi connectivity index (χ1n) is 18.7. The largest absolute Gasteiger partial charge is 0.456 e. The van der Waals surface area contributed by atoms with Gasteiger partial charge in [-0.05, 0) is 69.8 Å². The lowest BCUT2D eigenvalue weighted by atomic mass is 9.92. The highest BCUT2D eigenvalue weighted by molar-refractivity contribution is 7.26. The predicted molar refractivity (Wildman–Crippen MR) is 233 cm³/mol. The van der Waals surface area contributed by atoms with Gasteiger partial charge in [-0.1, -0.05) is 152 Å². The fourth-order valence-corrected chi connectivity index (χ4v) is 9.02. The van der Waals surface area contributed by atoms with Crippen molar-refractivity contribution in [2.75, 3.05) is 0 Å². The molecule has 0 spiro atoms. The topological polar surface area (TPSA) is 51.8 Å². The van der Waals surface area contributed by atoms with Crippen LogP contribution in [0.2, 0.25) is 0 Å². The van der Waals surface area contributed by atoms with Gasteiger partial charge in [-0.25, -0.2) is 15.0 Å². The molecular weight excluding hydrogens is 703 g/mol. The summed E-state index contributed by atoms with van der Waals surface area (Å²) in [6.45, 7) is 0. The number of fused-ring (bicyclic) bond motifs is 6. The highest BCUT2D eigenvalue weighted by Crippen LogP contribution is 2.41. The van der Waals surface area contributed by atoms with Gasteiger partial charge in [-0.3, -0.25) is 0 Å². The van der Waals surface area contributed by atoms with Crippen molar-refractivity contribution in [3.8, 4) is 67.5 Å². The summed E-state index contributed by atoms with van der Waals surface area (Å²) in [7, 11) is 0. The van der Waals surface area contributed by atoms with Gasteiger partial charge >= 0.3 is 0 Å². The van der Waals surface area contributed by atoms with E-state index in [1.807, 2.05) is 18.2 Å². The molecule has 0 aliphatic carbocycles. The Morgan fingerprint density at radius 2 is 0.911 bits per heavy atom. The van der Waals surface area contributed by atoms with Crippen molar-refractivity contribution in [3.63, 3.8) is 0 Å². The lowest BCUT2D eigenvalue weighted by Crippen LogP contribution is -2.01. The van der Waals surface area contributed by atoms with Gasteiger partial charge in [0, 0.05) is 47.6 Å². The maximum atomic E-state index is 6.37. The van der Waals surface area contributed by atoms with Crippen LogP contribution < -0.4 is 0 Å². The molecule has 0 amide bonds. The van der Waals surface area contributed by atoms with E-state index in [0.717, 1.165) is 71.1 Å². The third-order valence-corrected chi connectivity index (χ3v) is 11.8. The molecule has 0 aliphatic rings. The van der Waals surface area contributed by atoms with Gasteiger partial charge in [0.15, 0.2) is 17.5 Å². The van der Waals surface area contributed by atoms with Crippen molar-refractivity contribution in [1.29, 1.82) is 0 Å². The van der Waals surface area contributed by atoms with Gasteiger partial charge in [0.2, 0.25) is 0 Å². The number of benzene rings is 8. The second kappa shape index (κ2) is 13.3. The van der Waals surface area contributed by atoms with Crippen LogP contribution in [0, 0.1) is 0 Å². The normalized spacial score (nSPS) is 11.6. The minimum absolute atomic E-state index is 0.612. The fraction of sp³-hybridized carbons (Fsp3) is 0. The smallest absolute Gasteiger partial charge is 0.165 e. The highest BCUT2D eigenvalue weighted by Gasteiger charge is 2.19. The molecule has 3 aromatic heterocycles. The van der Waals surface area contributed by atoms with E-state index in [-0.39, 0.29) is 0 Å². The summed E-state index contributed by atoms with van der Waals surface area (Å²) in [5.74, 6) is 1.88. The van der Waals surface area contributed by atoms with Crippen molar-refractivity contribution in [1.82, 2.24) is 15.0 Å². The van der Waals surface area contributed by atoms with Crippen LogP contribution in [0.25, 0.3) is 110 Å². The average Bonchev–Trinajstić information content (AvgIpc) is 3.85. The first-order chi connectivity index (χ1) is 27.7. The third kappa shape index (κ3) is 5.56. The number of thiophene rings is 1. The number of nitrogens with zero attached hydrogens (tertiary/aromatic N) is 3. The Labute approximate surface area is 327 Å². The van der Waals surface area contributed by atoms with E-state index in [0.29, 0.717) is 17.5 Å². The Kier molecular flexibility index (Phi) is 7.64. The summed E-state index contributed by atoms with van der Waals surface area (Å²) in [5, 5.41) is 4.65. The molecule has 5 heteroatoms. The molecular formula is C51H31N3OS. The maximum absolute atomic E-state index is 6.37. The molecule has 0 saturated heterocycles. The van der Waals surface area contributed by atoms with Crippen molar-refractivity contribution in [2.45, 2.75) is 0 Å². The number of para-hydroxylation sites is 1. The molecule has 11 rings (SSSR count). The summed E-state index contributed by atoms with van der Waals surface area (Å²) in [6, 6.07) is 65.7. The summed E-state index contributed by atoms with van der Waals surface area (Å²) in [6.07, 6.45) is 0. The van der Waals surface area contributed by atoms with E-state index in [2.05, 4.69) is 170 Å². The Morgan fingerprint density at radius 3 is 1.73 bits per heavy atom. The summed E-state index contributed by atoms with van der Waals surface area (Å²) >= 11 is 1.78. The van der Waals surface area contributed by atoms with Crippen LogP contribution in [0.4, 0.5) is 0 Å². The average molecular weight is 734 g/mol. The van der Waals surface area contributed by atoms with Crippen LogP contribution >= 0.6 is 11.3 Å². The summed E-state index contributed by atoms with van der Waals surface area (Å²) in [4.78, 5) is 15.7. The van der Waals surface area contributed by atoms with E-state index in [9.17, 15) is 0 Å². The van der Waals surface area contributed by atoms with E-state index < -0.39 is 0 Å². The molecule has 56 heavy (non-hydrogen) atoms. The standard InChI is InChI=1S/C51H31N3OS/c1-3-12-32(13-4-1)33-22-24-35(25-23-33)49-52-50(54-51(53-49)43-19-11-18-42-41-17-8-10-21-47(41)56-48(42)43)37-27-28-38(34-14-5-2-6-15-34)44(30-37)36-26-29-40-39-16-7-9-20-45(39)55-46(40)31-36/h1-31H. The van der Waals surface area contributed by atoms with Crippen molar-refractivity contribution >= 4 is 53.4 Å².